The third kappa shape index (κ3) is 4.95. The summed E-state index contributed by atoms with van der Waals surface area (Å²) in [5.74, 6) is 1.86. The quantitative estimate of drug-likeness (QED) is 0.417. The summed E-state index contributed by atoms with van der Waals surface area (Å²) in [6, 6.07) is 7.53. The minimum absolute atomic E-state index is 0.0336. The maximum Gasteiger partial charge on any atom is 0.233 e. The van der Waals surface area contributed by atoms with E-state index in [9.17, 15) is 13.2 Å². The first kappa shape index (κ1) is 21.9. The maximum atomic E-state index is 13.0. The molecule has 10 heteroatoms. The van der Waals surface area contributed by atoms with Crippen LogP contribution < -0.4 is 4.74 Å². The Balaban J connectivity index is 1.49. The van der Waals surface area contributed by atoms with E-state index in [0.29, 0.717) is 23.9 Å². The van der Waals surface area contributed by atoms with Gasteiger partial charge in [0, 0.05) is 24.2 Å². The molecule has 2 fully saturated rings. The largest absolute Gasteiger partial charge is 0.497 e. The van der Waals surface area contributed by atoms with Crippen LogP contribution in [0.5, 0.6) is 5.75 Å². The number of aromatic nitrogens is 3. The molecule has 1 amide bonds. The molecule has 2 aliphatic rings. The average Bonchev–Trinajstić information content (AvgIpc) is 3.41. The van der Waals surface area contributed by atoms with Crippen molar-refractivity contribution >= 4 is 27.5 Å². The number of methoxy groups -OCH3 is 1. The first-order valence-electron chi connectivity index (χ1n) is 10.2. The Bertz CT molecular complexity index is 1060. The van der Waals surface area contributed by atoms with Crippen LogP contribution in [0.15, 0.2) is 42.1 Å². The minimum atomic E-state index is -3.04. The number of nitrogens with zero attached hydrogens (tertiary/aromatic N) is 4. The van der Waals surface area contributed by atoms with Gasteiger partial charge in [-0.05, 0) is 43.5 Å². The Morgan fingerprint density at radius 3 is 2.58 bits per heavy atom. The van der Waals surface area contributed by atoms with Crippen LogP contribution in [0.3, 0.4) is 0 Å². The smallest absolute Gasteiger partial charge is 0.233 e. The molecule has 1 atom stereocenters. The van der Waals surface area contributed by atoms with E-state index in [-0.39, 0.29) is 35.2 Å². The standard InChI is InChI=1S/C21H26N4O4S2/c1-3-11-24-20(15-4-8-18(29-2)9-5-15)22-23-21(24)30-13-19(26)25(16-6-7-16)17-10-12-31(27,28)14-17/h3-5,8-9,16-17H,1,6-7,10-14H2,2H3. The summed E-state index contributed by atoms with van der Waals surface area (Å²) in [7, 11) is -1.42. The summed E-state index contributed by atoms with van der Waals surface area (Å²) in [4.78, 5) is 14.8. The molecule has 1 aliphatic carbocycles. The van der Waals surface area contributed by atoms with Crippen LogP contribution in [0.25, 0.3) is 11.4 Å². The highest BCUT2D eigenvalue weighted by Gasteiger charge is 2.42. The van der Waals surface area contributed by atoms with Gasteiger partial charge in [-0.3, -0.25) is 9.36 Å². The van der Waals surface area contributed by atoms with Crippen molar-refractivity contribution in [1.82, 2.24) is 19.7 Å². The molecule has 1 unspecified atom stereocenters. The lowest BCUT2D eigenvalue weighted by Crippen LogP contribution is -2.43. The fourth-order valence-electron chi connectivity index (χ4n) is 3.90. The summed E-state index contributed by atoms with van der Waals surface area (Å²) in [5, 5.41) is 9.26. The van der Waals surface area contributed by atoms with Crippen molar-refractivity contribution in [3.63, 3.8) is 0 Å². The number of hydrogen-bond donors (Lipinski definition) is 0. The van der Waals surface area contributed by atoms with Gasteiger partial charge in [0.15, 0.2) is 20.8 Å². The Labute approximate surface area is 186 Å². The zero-order valence-corrected chi connectivity index (χ0v) is 19.1. The second kappa shape index (κ2) is 9.04. The summed E-state index contributed by atoms with van der Waals surface area (Å²) in [6.45, 7) is 4.33. The van der Waals surface area contributed by atoms with Crippen molar-refractivity contribution < 1.29 is 17.9 Å². The van der Waals surface area contributed by atoms with Gasteiger partial charge in [-0.15, -0.1) is 16.8 Å². The predicted molar refractivity (Wildman–Crippen MR) is 120 cm³/mol. The maximum absolute atomic E-state index is 13.0. The van der Waals surface area contributed by atoms with Crippen molar-refractivity contribution in [2.45, 2.75) is 43.0 Å². The lowest BCUT2D eigenvalue weighted by atomic mass is 10.2. The molecular formula is C21H26N4O4S2. The number of benzene rings is 1. The monoisotopic (exact) mass is 462 g/mol. The van der Waals surface area contributed by atoms with Crippen LogP contribution in [-0.2, 0) is 21.2 Å². The summed E-state index contributed by atoms with van der Waals surface area (Å²) in [6.07, 6.45) is 4.19. The van der Waals surface area contributed by atoms with E-state index in [1.54, 1.807) is 13.2 Å². The molecule has 4 rings (SSSR count). The number of thioether (sulfide) groups is 1. The fourth-order valence-corrected chi connectivity index (χ4v) is 6.42. The lowest BCUT2D eigenvalue weighted by molar-refractivity contribution is -0.130. The van der Waals surface area contributed by atoms with Gasteiger partial charge < -0.3 is 9.64 Å². The Kier molecular flexibility index (Phi) is 6.38. The number of allylic oxidation sites excluding steroid dienone is 1. The highest BCUT2D eigenvalue weighted by Crippen LogP contribution is 2.33. The lowest BCUT2D eigenvalue weighted by Gasteiger charge is -2.28. The van der Waals surface area contributed by atoms with Crippen molar-refractivity contribution in [2.75, 3.05) is 24.4 Å². The molecule has 1 saturated carbocycles. The normalized spacial score (nSPS) is 19.8. The molecule has 1 saturated heterocycles. The van der Waals surface area contributed by atoms with Crippen LogP contribution in [-0.4, -0.2) is 70.4 Å². The molecule has 0 spiro atoms. The topological polar surface area (TPSA) is 94.4 Å². The molecule has 2 aromatic rings. The number of sulfone groups is 1. The Morgan fingerprint density at radius 2 is 2.00 bits per heavy atom. The van der Waals surface area contributed by atoms with E-state index in [2.05, 4.69) is 16.8 Å². The minimum Gasteiger partial charge on any atom is -0.497 e. The van der Waals surface area contributed by atoms with Crippen LogP contribution in [0.4, 0.5) is 0 Å². The molecule has 0 radical (unpaired) electrons. The Morgan fingerprint density at radius 1 is 1.26 bits per heavy atom. The van der Waals surface area contributed by atoms with Crippen molar-refractivity contribution in [1.29, 1.82) is 0 Å². The average molecular weight is 463 g/mol. The molecule has 1 aromatic carbocycles. The van der Waals surface area contributed by atoms with E-state index in [0.717, 1.165) is 24.2 Å². The van der Waals surface area contributed by atoms with E-state index in [1.807, 2.05) is 33.7 Å². The molecule has 166 valence electrons. The van der Waals surface area contributed by atoms with Gasteiger partial charge >= 0.3 is 0 Å². The zero-order chi connectivity index (χ0) is 22.0. The predicted octanol–water partition coefficient (Wildman–Crippen LogP) is 2.41. The molecule has 1 aromatic heterocycles. The Hall–Kier alpha value is -2.33. The SMILES string of the molecule is C=CCn1c(SCC(=O)N(C2CC2)C2CCS(=O)(=O)C2)nnc1-c1ccc(OC)cc1. The first-order valence-corrected chi connectivity index (χ1v) is 13.1. The van der Waals surface area contributed by atoms with E-state index in [1.165, 1.54) is 11.8 Å². The molecule has 2 heterocycles. The van der Waals surface area contributed by atoms with Crippen LogP contribution in [0, 0.1) is 0 Å². The molecule has 1 aliphatic heterocycles. The van der Waals surface area contributed by atoms with Crippen LogP contribution >= 0.6 is 11.8 Å². The van der Waals surface area contributed by atoms with Gasteiger partial charge in [0.25, 0.3) is 0 Å². The van der Waals surface area contributed by atoms with E-state index >= 15 is 0 Å². The van der Waals surface area contributed by atoms with Crippen molar-refractivity contribution in [3.8, 4) is 17.1 Å². The van der Waals surface area contributed by atoms with Crippen LogP contribution in [0.1, 0.15) is 19.3 Å². The highest BCUT2D eigenvalue weighted by molar-refractivity contribution is 7.99. The van der Waals surface area contributed by atoms with Gasteiger partial charge in [0.2, 0.25) is 5.91 Å². The molecule has 8 nitrogen and oxygen atoms in total. The third-order valence-electron chi connectivity index (χ3n) is 5.53. The summed E-state index contributed by atoms with van der Waals surface area (Å²) < 4.78 is 30.9. The van der Waals surface area contributed by atoms with Gasteiger partial charge in [-0.25, -0.2) is 8.42 Å². The van der Waals surface area contributed by atoms with Gasteiger partial charge in [0.05, 0.1) is 24.4 Å². The highest BCUT2D eigenvalue weighted by atomic mass is 32.2. The molecular weight excluding hydrogens is 436 g/mol. The molecule has 0 bridgehead atoms. The van der Waals surface area contributed by atoms with Crippen molar-refractivity contribution in [3.05, 3.63) is 36.9 Å². The summed E-state index contributed by atoms with van der Waals surface area (Å²) in [5.41, 5.74) is 0.893. The number of ether oxygens (including phenoxy) is 1. The zero-order valence-electron chi connectivity index (χ0n) is 17.4. The van der Waals surface area contributed by atoms with Gasteiger partial charge in [-0.2, -0.15) is 0 Å². The second-order valence-corrected chi connectivity index (χ2v) is 11.0. The van der Waals surface area contributed by atoms with E-state index in [4.69, 9.17) is 4.74 Å². The third-order valence-corrected chi connectivity index (χ3v) is 8.23. The number of rotatable bonds is 9. The summed E-state index contributed by atoms with van der Waals surface area (Å²) >= 11 is 1.33. The van der Waals surface area contributed by atoms with Gasteiger partial charge in [0.1, 0.15) is 5.75 Å². The first-order chi connectivity index (χ1) is 14.9. The second-order valence-electron chi connectivity index (χ2n) is 7.81. The molecule has 0 N–H and O–H groups in total. The number of hydrogen-bond acceptors (Lipinski definition) is 7. The number of amides is 1. The van der Waals surface area contributed by atoms with Crippen LogP contribution in [0.2, 0.25) is 0 Å². The van der Waals surface area contributed by atoms with Crippen molar-refractivity contribution in [2.24, 2.45) is 0 Å². The number of carbonyl (C=O) groups excluding carboxylic acids is 1. The number of carbonyl (C=O) groups is 1. The fraction of sp³-hybridized carbons (Fsp3) is 0.476. The van der Waals surface area contributed by atoms with E-state index < -0.39 is 9.84 Å². The van der Waals surface area contributed by atoms with Gasteiger partial charge in [-0.1, -0.05) is 17.8 Å². The molecule has 31 heavy (non-hydrogen) atoms.